The molecule has 1 heterocycles. The van der Waals surface area contributed by atoms with Crippen molar-refractivity contribution in [2.24, 2.45) is 0 Å². The minimum atomic E-state index is -0.400. The van der Waals surface area contributed by atoms with Gasteiger partial charge in [-0.15, -0.1) is 0 Å². The highest BCUT2D eigenvalue weighted by atomic mass is 19.1. The molecule has 2 aromatic carbocycles. The first-order chi connectivity index (χ1) is 12.0. The summed E-state index contributed by atoms with van der Waals surface area (Å²) in [7, 11) is 0. The van der Waals surface area contributed by atoms with E-state index in [0.717, 1.165) is 19.4 Å². The van der Waals surface area contributed by atoms with Crippen LogP contribution in [0.2, 0.25) is 0 Å². The molecule has 4 nitrogen and oxygen atoms in total. The smallest absolute Gasteiger partial charge is 0.252 e. The molecule has 0 aliphatic carbocycles. The Morgan fingerprint density at radius 1 is 1.08 bits per heavy atom. The lowest BCUT2D eigenvalue weighted by Crippen LogP contribution is -2.46. The lowest BCUT2D eigenvalue weighted by molar-refractivity contribution is 0.0916. The van der Waals surface area contributed by atoms with Crippen LogP contribution < -0.4 is 10.6 Å². The van der Waals surface area contributed by atoms with Gasteiger partial charge in [0.05, 0.1) is 5.56 Å². The molecule has 3 rings (SSSR count). The van der Waals surface area contributed by atoms with Crippen molar-refractivity contribution in [2.75, 3.05) is 6.54 Å². The van der Waals surface area contributed by atoms with E-state index in [2.05, 4.69) is 17.6 Å². The lowest BCUT2D eigenvalue weighted by Gasteiger charge is -2.28. The van der Waals surface area contributed by atoms with E-state index in [9.17, 15) is 14.0 Å². The molecule has 2 N–H and O–H groups in total. The molecule has 2 aromatic rings. The summed E-state index contributed by atoms with van der Waals surface area (Å²) in [4.78, 5) is 25.4. The SMILES string of the molecule is CC1CC(NC(=O)c2ccccc2C(=O)c2ccc(F)cc2)CCN1. The van der Waals surface area contributed by atoms with Gasteiger partial charge in [0.25, 0.3) is 5.91 Å². The van der Waals surface area contributed by atoms with Crippen LogP contribution in [0.3, 0.4) is 0 Å². The Labute approximate surface area is 146 Å². The summed E-state index contributed by atoms with van der Waals surface area (Å²) in [6.07, 6.45) is 1.73. The van der Waals surface area contributed by atoms with Gasteiger partial charge >= 0.3 is 0 Å². The minimum Gasteiger partial charge on any atom is -0.349 e. The first kappa shape index (κ1) is 17.3. The van der Waals surface area contributed by atoms with Crippen molar-refractivity contribution >= 4 is 11.7 Å². The molecule has 5 heteroatoms. The summed E-state index contributed by atoms with van der Waals surface area (Å²) >= 11 is 0. The maximum Gasteiger partial charge on any atom is 0.252 e. The molecular formula is C20H21FN2O2. The number of rotatable bonds is 4. The van der Waals surface area contributed by atoms with Crippen molar-refractivity contribution in [1.29, 1.82) is 0 Å². The van der Waals surface area contributed by atoms with Crippen molar-refractivity contribution in [3.05, 3.63) is 71.0 Å². The Kier molecular flexibility index (Phi) is 5.24. The van der Waals surface area contributed by atoms with E-state index in [0.29, 0.717) is 22.7 Å². The number of halogens is 1. The van der Waals surface area contributed by atoms with Crippen molar-refractivity contribution in [3.8, 4) is 0 Å². The van der Waals surface area contributed by atoms with Crippen LogP contribution in [0.1, 0.15) is 46.0 Å². The molecule has 1 saturated heterocycles. The van der Waals surface area contributed by atoms with Gasteiger partial charge in [0.1, 0.15) is 5.82 Å². The highest BCUT2D eigenvalue weighted by Crippen LogP contribution is 2.17. The van der Waals surface area contributed by atoms with Gasteiger partial charge in [-0.3, -0.25) is 9.59 Å². The van der Waals surface area contributed by atoms with Gasteiger partial charge in [-0.05, 0) is 56.6 Å². The number of piperidine rings is 1. The molecule has 0 radical (unpaired) electrons. The number of hydrogen-bond acceptors (Lipinski definition) is 3. The summed E-state index contributed by atoms with van der Waals surface area (Å²) in [5.41, 5.74) is 1.04. The predicted molar refractivity (Wildman–Crippen MR) is 94.2 cm³/mol. The number of carbonyl (C=O) groups excluding carboxylic acids is 2. The fraction of sp³-hybridized carbons (Fsp3) is 0.300. The van der Waals surface area contributed by atoms with Crippen molar-refractivity contribution in [3.63, 3.8) is 0 Å². The van der Waals surface area contributed by atoms with E-state index in [-0.39, 0.29) is 17.7 Å². The van der Waals surface area contributed by atoms with E-state index in [4.69, 9.17) is 0 Å². The minimum absolute atomic E-state index is 0.0951. The first-order valence-electron chi connectivity index (χ1n) is 8.48. The standard InChI is InChI=1S/C20H21FN2O2/c1-13-12-16(10-11-22-13)23-20(25)18-5-3-2-4-17(18)19(24)14-6-8-15(21)9-7-14/h2-9,13,16,22H,10-12H2,1H3,(H,23,25). The summed E-state index contributed by atoms with van der Waals surface area (Å²) in [6, 6.07) is 12.5. The van der Waals surface area contributed by atoms with Crippen molar-refractivity contribution in [2.45, 2.75) is 31.8 Å². The highest BCUT2D eigenvalue weighted by molar-refractivity contribution is 6.15. The van der Waals surface area contributed by atoms with Gasteiger partial charge in [-0.2, -0.15) is 0 Å². The van der Waals surface area contributed by atoms with Crippen molar-refractivity contribution < 1.29 is 14.0 Å². The maximum atomic E-state index is 13.1. The molecule has 1 aliphatic rings. The monoisotopic (exact) mass is 340 g/mol. The molecule has 25 heavy (non-hydrogen) atoms. The second-order valence-electron chi connectivity index (χ2n) is 6.43. The van der Waals surface area contributed by atoms with Crippen LogP contribution >= 0.6 is 0 Å². The van der Waals surface area contributed by atoms with E-state index in [1.807, 2.05) is 0 Å². The van der Waals surface area contributed by atoms with Gasteiger partial charge in [0.15, 0.2) is 5.78 Å². The van der Waals surface area contributed by atoms with Gasteiger partial charge < -0.3 is 10.6 Å². The normalized spacial score (nSPS) is 20.1. The van der Waals surface area contributed by atoms with Crippen LogP contribution in [-0.4, -0.2) is 30.3 Å². The van der Waals surface area contributed by atoms with Crippen molar-refractivity contribution in [1.82, 2.24) is 10.6 Å². The second kappa shape index (κ2) is 7.57. The lowest BCUT2D eigenvalue weighted by atomic mass is 9.96. The molecule has 2 unspecified atom stereocenters. The van der Waals surface area contributed by atoms with E-state index >= 15 is 0 Å². The molecule has 130 valence electrons. The second-order valence-corrected chi connectivity index (χ2v) is 6.43. The third-order valence-corrected chi connectivity index (χ3v) is 4.48. The van der Waals surface area contributed by atoms with Crippen LogP contribution in [0.25, 0.3) is 0 Å². The van der Waals surface area contributed by atoms with Crippen LogP contribution in [0.15, 0.2) is 48.5 Å². The molecular weight excluding hydrogens is 319 g/mol. The predicted octanol–water partition coefficient (Wildman–Crippen LogP) is 2.93. The third-order valence-electron chi connectivity index (χ3n) is 4.48. The largest absolute Gasteiger partial charge is 0.349 e. The van der Waals surface area contributed by atoms with E-state index in [1.165, 1.54) is 24.3 Å². The number of hydrogen-bond donors (Lipinski definition) is 2. The fourth-order valence-corrected chi connectivity index (χ4v) is 3.16. The molecule has 0 aromatic heterocycles. The van der Waals surface area contributed by atoms with Crippen LogP contribution in [0.4, 0.5) is 4.39 Å². The van der Waals surface area contributed by atoms with Crippen LogP contribution in [0.5, 0.6) is 0 Å². The first-order valence-corrected chi connectivity index (χ1v) is 8.48. The number of carbonyl (C=O) groups is 2. The average molecular weight is 340 g/mol. The Hall–Kier alpha value is -2.53. The maximum absolute atomic E-state index is 13.1. The van der Waals surface area contributed by atoms with Crippen LogP contribution in [-0.2, 0) is 0 Å². The Bertz CT molecular complexity index is 774. The zero-order chi connectivity index (χ0) is 17.8. The van der Waals surface area contributed by atoms with Crippen LogP contribution in [0, 0.1) is 5.82 Å². The quantitative estimate of drug-likeness (QED) is 0.842. The number of amides is 1. The Balaban J connectivity index is 1.81. The number of nitrogens with one attached hydrogen (secondary N) is 2. The van der Waals surface area contributed by atoms with Gasteiger partial charge in [0, 0.05) is 23.2 Å². The molecule has 1 fully saturated rings. The molecule has 0 spiro atoms. The zero-order valence-corrected chi connectivity index (χ0v) is 14.1. The summed E-state index contributed by atoms with van der Waals surface area (Å²) < 4.78 is 13.1. The molecule has 1 aliphatic heterocycles. The van der Waals surface area contributed by atoms with Gasteiger partial charge in [-0.25, -0.2) is 4.39 Å². The van der Waals surface area contributed by atoms with E-state index in [1.54, 1.807) is 24.3 Å². The number of ketones is 1. The summed E-state index contributed by atoms with van der Waals surface area (Å²) in [6.45, 7) is 2.95. The molecule has 0 bridgehead atoms. The Morgan fingerprint density at radius 3 is 2.44 bits per heavy atom. The molecule has 1 amide bonds. The average Bonchev–Trinajstić information content (AvgIpc) is 2.62. The fourth-order valence-electron chi connectivity index (χ4n) is 3.16. The van der Waals surface area contributed by atoms with E-state index < -0.39 is 5.82 Å². The summed E-state index contributed by atoms with van der Waals surface area (Å²) in [5, 5.41) is 6.37. The summed E-state index contributed by atoms with van der Waals surface area (Å²) in [5.74, 6) is -0.933. The highest BCUT2D eigenvalue weighted by Gasteiger charge is 2.23. The molecule has 0 saturated carbocycles. The zero-order valence-electron chi connectivity index (χ0n) is 14.1. The molecule has 2 atom stereocenters. The number of benzene rings is 2. The topological polar surface area (TPSA) is 58.2 Å². The Morgan fingerprint density at radius 2 is 1.76 bits per heavy atom. The van der Waals surface area contributed by atoms with Gasteiger partial charge in [-0.1, -0.05) is 18.2 Å². The van der Waals surface area contributed by atoms with Gasteiger partial charge in [0.2, 0.25) is 0 Å². The third kappa shape index (κ3) is 4.12.